The van der Waals surface area contributed by atoms with Crippen LogP contribution in [-0.4, -0.2) is 61.0 Å². The Balaban J connectivity index is 1.45. The number of carbonyl (C=O) groups is 1. The second kappa shape index (κ2) is 8.17. The lowest BCUT2D eigenvalue weighted by Crippen LogP contribution is -2.56. The van der Waals surface area contributed by atoms with E-state index in [0.717, 1.165) is 56.7 Å². The number of rotatable bonds is 5. The fourth-order valence-electron chi connectivity index (χ4n) is 3.78. The summed E-state index contributed by atoms with van der Waals surface area (Å²) in [7, 11) is 1.63. The predicted octanol–water partition coefficient (Wildman–Crippen LogP) is 1.32. The number of ether oxygens (including phenoxy) is 2. The lowest BCUT2D eigenvalue weighted by molar-refractivity contribution is -0.177. The number of nitrogens with zero attached hydrogens (tertiary/aromatic N) is 1. The number of hydrogen-bond donors (Lipinski definition) is 2. The summed E-state index contributed by atoms with van der Waals surface area (Å²) in [5.74, 6) is 0.790. The maximum atomic E-state index is 12.2. The van der Waals surface area contributed by atoms with Gasteiger partial charge in [-0.05, 0) is 31.7 Å². The number of para-hydroxylation sites is 1. The van der Waals surface area contributed by atoms with Crippen molar-refractivity contribution in [2.45, 2.75) is 43.9 Å². The molecule has 2 saturated heterocycles. The Hall–Kier alpha value is -1.63. The first-order chi connectivity index (χ1) is 12.1. The lowest BCUT2D eigenvalue weighted by atomic mass is 9.82. The van der Waals surface area contributed by atoms with Crippen molar-refractivity contribution in [2.75, 3.05) is 33.4 Å². The number of likely N-dealkylation sites (tertiary alicyclic amines) is 1. The molecule has 1 atom stereocenters. The molecular formula is C19H28N2O4. The minimum Gasteiger partial charge on any atom is -0.496 e. The molecule has 2 N–H and O–H groups in total. The van der Waals surface area contributed by atoms with Crippen molar-refractivity contribution >= 4 is 5.91 Å². The Kier molecular flexibility index (Phi) is 5.93. The van der Waals surface area contributed by atoms with Gasteiger partial charge in [-0.3, -0.25) is 9.69 Å². The minimum absolute atomic E-state index is 0.00645. The van der Waals surface area contributed by atoms with Gasteiger partial charge in [-0.15, -0.1) is 0 Å². The topological polar surface area (TPSA) is 71.0 Å². The Bertz CT molecular complexity index is 585. The molecule has 0 aliphatic carbocycles. The second-order valence-corrected chi connectivity index (χ2v) is 6.94. The van der Waals surface area contributed by atoms with Gasteiger partial charge in [-0.2, -0.15) is 0 Å². The van der Waals surface area contributed by atoms with Crippen molar-refractivity contribution in [3.05, 3.63) is 29.8 Å². The number of nitrogens with one attached hydrogen (secondary N) is 1. The fraction of sp³-hybridized carbons (Fsp3) is 0.632. The maximum absolute atomic E-state index is 12.2. The molecule has 2 aliphatic rings. The van der Waals surface area contributed by atoms with Gasteiger partial charge in [0.25, 0.3) is 0 Å². The van der Waals surface area contributed by atoms with Crippen LogP contribution in [-0.2, 0) is 16.1 Å². The molecular weight excluding hydrogens is 320 g/mol. The average Bonchev–Trinajstić information content (AvgIpc) is 2.64. The van der Waals surface area contributed by atoms with Gasteiger partial charge in [-0.1, -0.05) is 18.2 Å². The van der Waals surface area contributed by atoms with E-state index in [1.807, 2.05) is 24.3 Å². The number of aliphatic hydroxyl groups excluding tert-OH is 1. The van der Waals surface area contributed by atoms with Crippen molar-refractivity contribution in [3.63, 3.8) is 0 Å². The Labute approximate surface area is 149 Å². The third-order valence-electron chi connectivity index (χ3n) is 5.36. The first kappa shape index (κ1) is 18.2. The van der Waals surface area contributed by atoms with Crippen molar-refractivity contribution in [2.24, 2.45) is 0 Å². The molecule has 6 nitrogen and oxygen atoms in total. The van der Waals surface area contributed by atoms with E-state index in [4.69, 9.17) is 9.47 Å². The first-order valence-corrected chi connectivity index (χ1v) is 9.06. The summed E-state index contributed by atoms with van der Waals surface area (Å²) < 4.78 is 11.2. The molecule has 2 fully saturated rings. The summed E-state index contributed by atoms with van der Waals surface area (Å²) in [6, 6.07) is 7.69. The van der Waals surface area contributed by atoms with Gasteiger partial charge >= 0.3 is 0 Å². The zero-order chi connectivity index (χ0) is 17.7. The number of methoxy groups -OCH3 is 1. The molecule has 6 heteroatoms. The third kappa shape index (κ3) is 4.32. The summed E-state index contributed by atoms with van der Waals surface area (Å²) in [5.41, 5.74) is 0.581. The molecule has 0 bridgehead atoms. The van der Waals surface area contributed by atoms with Crippen LogP contribution in [0.4, 0.5) is 0 Å². The monoisotopic (exact) mass is 348 g/mol. The van der Waals surface area contributed by atoms with Gasteiger partial charge in [-0.25, -0.2) is 0 Å². The van der Waals surface area contributed by atoms with Gasteiger partial charge in [0, 0.05) is 31.8 Å². The van der Waals surface area contributed by atoms with Gasteiger partial charge in [0.15, 0.2) is 0 Å². The van der Waals surface area contributed by atoms with Gasteiger partial charge < -0.3 is 19.9 Å². The van der Waals surface area contributed by atoms with E-state index < -0.39 is 0 Å². The summed E-state index contributed by atoms with van der Waals surface area (Å²) in [6.45, 7) is 3.12. The molecule has 138 valence electrons. The zero-order valence-electron chi connectivity index (χ0n) is 14.9. The van der Waals surface area contributed by atoms with Gasteiger partial charge in [0.05, 0.1) is 25.4 Å². The second-order valence-electron chi connectivity index (χ2n) is 6.94. The van der Waals surface area contributed by atoms with Crippen LogP contribution in [0.25, 0.3) is 0 Å². The molecule has 0 saturated carbocycles. The number of carbonyl (C=O) groups excluding carboxylic acids is 1. The Morgan fingerprint density at radius 2 is 2.16 bits per heavy atom. The highest BCUT2D eigenvalue weighted by Gasteiger charge is 2.43. The zero-order valence-corrected chi connectivity index (χ0v) is 14.9. The van der Waals surface area contributed by atoms with E-state index in [1.165, 1.54) is 0 Å². The predicted molar refractivity (Wildman–Crippen MR) is 94.4 cm³/mol. The Morgan fingerprint density at radius 1 is 1.40 bits per heavy atom. The van der Waals surface area contributed by atoms with E-state index in [9.17, 15) is 9.90 Å². The molecule has 1 amide bonds. The van der Waals surface area contributed by atoms with E-state index in [1.54, 1.807) is 7.11 Å². The van der Waals surface area contributed by atoms with E-state index in [2.05, 4.69) is 10.2 Å². The van der Waals surface area contributed by atoms with Crippen LogP contribution in [0.5, 0.6) is 5.75 Å². The molecule has 25 heavy (non-hydrogen) atoms. The molecule has 1 spiro atoms. The fourth-order valence-corrected chi connectivity index (χ4v) is 3.78. The van der Waals surface area contributed by atoms with Crippen LogP contribution in [0.1, 0.15) is 31.2 Å². The molecule has 2 heterocycles. The highest BCUT2D eigenvalue weighted by Crippen LogP contribution is 2.35. The van der Waals surface area contributed by atoms with Crippen LogP contribution in [0, 0.1) is 0 Å². The molecule has 1 aromatic rings. The third-order valence-corrected chi connectivity index (χ3v) is 5.36. The standard InChI is InChI=1S/C19H28N2O4/c1-24-16-6-3-2-5-15(16)13-20-18(23)14-21-10-8-19(9-11-21)17(22)7-4-12-25-19/h2-3,5-6,17,22H,4,7-14H2,1H3,(H,20,23)/t17-/m0/s1. The van der Waals surface area contributed by atoms with Crippen LogP contribution in [0.2, 0.25) is 0 Å². The molecule has 2 aliphatic heterocycles. The lowest BCUT2D eigenvalue weighted by Gasteiger charge is -2.46. The van der Waals surface area contributed by atoms with Crippen LogP contribution in [0.15, 0.2) is 24.3 Å². The Morgan fingerprint density at radius 3 is 2.88 bits per heavy atom. The number of amides is 1. The molecule has 0 radical (unpaired) electrons. The molecule has 1 aromatic carbocycles. The largest absolute Gasteiger partial charge is 0.496 e. The molecule has 0 aromatic heterocycles. The first-order valence-electron chi connectivity index (χ1n) is 9.06. The summed E-state index contributed by atoms with van der Waals surface area (Å²) in [5, 5.41) is 13.2. The SMILES string of the molecule is COc1ccccc1CNC(=O)CN1CCC2(CC1)OCCC[C@@H]2O. The van der Waals surface area contributed by atoms with E-state index in [0.29, 0.717) is 13.1 Å². The van der Waals surface area contributed by atoms with Gasteiger partial charge in [0.2, 0.25) is 5.91 Å². The number of piperidine rings is 1. The maximum Gasteiger partial charge on any atom is 0.234 e. The van der Waals surface area contributed by atoms with Crippen LogP contribution >= 0.6 is 0 Å². The van der Waals surface area contributed by atoms with E-state index >= 15 is 0 Å². The normalized spacial score (nSPS) is 23.4. The quantitative estimate of drug-likeness (QED) is 0.840. The summed E-state index contributed by atoms with van der Waals surface area (Å²) in [4.78, 5) is 14.4. The van der Waals surface area contributed by atoms with Crippen molar-refractivity contribution in [1.82, 2.24) is 10.2 Å². The van der Waals surface area contributed by atoms with Crippen molar-refractivity contribution < 1.29 is 19.4 Å². The van der Waals surface area contributed by atoms with Crippen molar-refractivity contribution in [1.29, 1.82) is 0 Å². The smallest absolute Gasteiger partial charge is 0.234 e. The highest BCUT2D eigenvalue weighted by molar-refractivity contribution is 5.78. The minimum atomic E-state index is -0.386. The molecule has 0 unspecified atom stereocenters. The van der Waals surface area contributed by atoms with E-state index in [-0.39, 0.29) is 17.6 Å². The van der Waals surface area contributed by atoms with Gasteiger partial charge in [0.1, 0.15) is 5.75 Å². The number of benzene rings is 1. The van der Waals surface area contributed by atoms with Crippen LogP contribution < -0.4 is 10.1 Å². The number of aliphatic hydroxyl groups is 1. The summed E-state index contributed by atoms with van der Waals surface area (Å²) >= 11 is 0. The summed E-state index contributed by atoms with van der Waals surface area (Å²) in [6.07, 6.45) is 2.95. The van der Waals surface area contributed by atoms with Crippen LogP contribution in [0.3, 0.4) is 0 Å². The number of hydrogen-bond acceptors (Lipinski definition) is 5. The highest BCUT2D eigenvalue weighted by atomic mass is 16.5. The van der Waals surface area contributed by atoms with Crippen molar-refractivity contribution in [3.8, 4) is 5.75 Å². The molecule has 3 rings (SSSR count). The average molecular weight is 348 g/mol.